The second-order valence-electron chi connectivity index (χ2n) is 17.0. The zero-order chi connectivity index (χ0) is 43.0. The fourth-order valence-electron chi connectivity index (χ4n) is 8.59. The van der Waals surface area contributed by atoms with Crippen molar-refractivity contribution in [2.24, 2.45) is 23.7 Å². The smallest absolute Gasteiger partial charge is 0.407 e. The first-order chi connectivity index (χ1) is 28.6. The van der Waals surface area contributed by atoms with Gasteiger partial charge in [0, 0.05) is 30.4 Å². The van der Waals surface area contributed by atoms with Crippen LogP contribution in [0, 0.1) is 23.7 Å². The fraction of sp³-hybridized carbons (Fsp3) is 0.422. The molecule has 14 nitrogen and oxygen atoms in total. The molecule has 0 aliphatic carbocycles. The Morgan fingerprint density at radius 2 is 1.27 bits per heavy atom. The Morgan fingerprint density at radius 1 is 0.750 bits per heavy atom. The highest BCUT2D eigenvalue weighted by molar-refractivity contribution is 6.32. The number of methoxy groups -OCH3 is 1. The number of ether oxygens (including phenoxy) is 1. The van der Waals surface area contributed by atoms with Crippen LogP contribution in [-0.4, -0.2) is 91.1 Å². The van der Waals surface area contributed by atoms with Crippen LogP contribution in [0.1, 0.15) is 78.1 Å². The lowest BCUT2D eigenvalue weighted by atomic mass is 9.98. The monoisotopic (exact) mass is 836 g/mol. The van der Waals surface area contributed by atoms with Gasteiger partial charge in [0.05, 0.1) is 30.6 Å². The van der Waals surface area contributed by atoms with Gasteiger partial charge in [0.15, 0.2) is 5.15 Å². The number of likely N-dealkylation sites (tertiary alicyclic amines) is 2. The van der Waals surface area contributed by atoms with Gasteiger partial charge >= 0.3 is 12.2 Å². The molecule has 4 amide bonds. The van der Waals surface area contributed by atoms with E-state index in [4.69, 9.17) is 26.3 Å². The highest BCUT2D eigenvalue weighted by atomic mass is 35.5. The molecule has 0 bridgehead atoms. The van der Waals surface area contributed by atoms with Crippen LogP contribution in [0.15, 0.2) is 66.9 Å². The van der Waals surface area contributed by atoms with Crippen LogP contribution in [0.4, 0.5) is 9.59 Å². The molecule has 2 fully saturated rings. The molecular weight excluding hydrogens is 784 g/mol. The summed E-state index contributed by atoms with van der Waals surface area (Å²) in [6, 6.07) is 18.5. The molecule has 2 unspecified atom stereocenters. The quantitative estimate of drug-likeness (QED) is 0.0878. The maximum absolute atomic E-state index is 13.8. The number of hydrogen-bond donors (Lipinski definition) is 5. The number of fused-ring (bicyclic) bond motifs is 1. The number of carboxylic acid groups (broad SMARTS) is 1. The number of alkyl carbamates (subject to hydrolysis) is 1. The third-order valence-corrected chi connectivity index (χ3v) is 12.0. The van der Waals surface area contributed by atoms with Gasteiger partial charge in [-0.2, -0.15) is 0 Å². The van der Waals surface area contributed by atoms with Crippen LogP contribution < -0.4 is 10.6 Å². The molecule has 4 heterocycles. The Balaban J connectivity index is 1.06. The Hall–Kier alpha value is -5.89. The molecule has 2 aliphatic rings. The minimum Gasteiger partial charge on any atom is -0.465 e. The summed E-state index contributed by atoms with van der Waals surface area (Å²) in [7, 11) is 1.28. The number of benzene rings is 3. The van der Waals surface area contributed by atoms with Gasteiger partial charge in [0.2, 0.25) is 11.8 Å². The highest BCUT2D eigenvalue weighted by Crippen LogP contribution is 2.39. The SMILES string of the molecule is COC(=O)N[C@H](C(=O)N1CC(C)CC1c1nc(Cl)c(-c2ccc3cc(-c4ccc(-c5c[nH]c([C@@H]6C[C@H](C)CN6C(=O)[C@@H](NC(=O)O)C(C)C)n5)cc4)ccc3c2)[nH]1)C(C)C. The number of rotatable bonds is 11. The second kappa shape index (κ2) is 17.4. The van der Waals surface area contributed by atoms with Crippen molar-refractivity contribution in [2.75, 3.05) is 20.2 Å². The summed E-state index contributed by atoms with van der Waals surface area (Å²) < 4.78 is 4.78. The summed E-state index contributed by atoms with van der Waals surface area (Å²) in [6.45, 7) is 12.7. The Labute approximate surface area is 354 Å². The molecule has 2 saturated heterocycles. The van der Waals surface area contributed by atoms with Gasteiger partial charge in [0.25, 0.3) is 0 Å². The standard InChI is InChI=1S/C45H53ClN8O6/c1-23(2)36(50-44(57)58)42(55)53-21-25(5)16-34(53)40-47-20-33(48-40)28-10-8-27(9-11-28)29-12-13-31-19-32(15-14-30(31)18-29)38-39(46)52-41(49-38)35-17-26(6)22-54(35)43(56)37(24(3)4)51-45(59)60-7/h8-15,18-20,23-26,34-37,50H,16-17,21-22H2,1-7H3,(H,47,48)(H,49,52)(H,51,59)(H,57,58)/t25-,26?,34-,35?,36-,37-/m0/s1. The number of nitrogens with one attached hydrogen (secondary N) is 4. The largest absolute Gasteiger partial charge is 0.465 e. The van der Waals surface area contributed by atoms with E-state index < -0.39 is 24.3 Å². The molecule has 2 aromatic heterocycles. The Bertz CT molecular complexity index is 2390. The molecule has 5 aromatic rings. The summed E-state index contributed by atoms with van der Waals surface area (Å²) >= 11 is 6.77. The number of imidazole rings is 2. The van der Waals surface area contributed by atoms with E-state index >= 15 is 0 Å². The molecule has 5 N–H and O–H groups in total. The Morgan fingerprint density at radius 3 is 1.83 bits per heavy atom. The summed E-state index contributed by atoms with van der Waals surface area (Å²) in [5.74, 6) is 0.989. The van der Waals surface area contributed by atoms with E-state index in [-0.39, 0.29) is 47.6 Å². The van der Waals surface area contributed by atoms with Crippen molar-refractivity contribution >= 4 is 46.4 Å². The number of hydrogen-bond acceptors (Lipinski definition) is 7. The summed E-state index contributed by atoms with van der Waals surface area (Å²) in [5, 5.41) is 16.9. The lowest BCUT2D eigenvalue weighted by molar-refractivity contribution is -0.136. The van der Waals surface area contributed by atoms with E-state index in [0.29, 0.717) is 42.0 Å². The van der Waals surface area contributed by atoms with Crippen molar-refractivity contribution in [3.8, 4) is 33.6 Å². The predicted molar refractivity (Wildman–Crippen MR) is 230 cm³/mol. The van der Waals surface area contributed by atoms with Crippen LogP contribution in [0.5, 0.6) is 0 Å². The number of carbonyl (C=O) groups is 4. The number of aromatic amines is 2. The summed E-state index contributed by atoms with van der Waals surface area (Å²) in [6.07, 6.45) is 1.42. The van der Waals surface area contributed by atoms with Crippen molar-refractivity contribution in [2.45, 2.75) is 78.6 Å². The van der Waals surface area contributed by atoms with Crippen molar-refractivity contribution < 1.29 is 29.0 Å². The van der Waals surface area contributed by atoms with Crippen LogP contribution in [0.25, 0.3) is 44.4 Å². The molecule has 0 radical (unpaired) electrons. The molecule has 0 saturated carbocycles. The third-order valence-electron chi connectivity index (χ3n) is 11.7. The lowest BCUT2D eigenvalue weighted by Crippen LogP contribution is -2.51. The van der Waals surface area contributed by atoms with Crippen LogP contribution >= 0.6 is 11.6 Å². The van der Waals surface area contributed by atoms with Gasteiger partial charge in [-0.15, -0.1) is 0 Å². The van der Waals surface area contributed by atoms with E-state index in [1.807, 2.05) is 52.1 Å². The lowest BCUT2D eigenvalue weighted by Gasteiger charge is -2.30. The topological polar surface area (TPSA) is 186 Å². The molecule has 6 atom stereocenters. The average molecular weight is 837 g/mol. The van der Waals surface area contributed by atoms with Crippen molar-refractivity contribution in [1.82, 2.24) is 40.4 Å². The number of nitrogens with zero attached hydrogens (tertiary/aromatic N) is 4. The molecule has 7 rings (SSSR count). The number of carbonyl (C=O) groups excluding carboxylic acids is 3. The van der Waals surface area contributed by atoms with Crippen LogP contribution in [0.2, 0.25) is 5.15 Å². The third kappa shape index (κ3) is 8.70. The van der Waals surface area contributed by atoms with E-state index in [1.165, 1.54) is 7.11 Å². The maximum atomic E-state index is 13.8. The van der Waals surface area contributed by atoms with Gasteiger partial charge in [-0.05, 0) is 70.5 Å². The minimum atomic E-state index is -1.22. The fourth-order valence-corrected chi connectivity index (χ4v) is 8.84. The first-order valence-electron chi connectivity index (χ1n) is 20.5. The van der Waals surface area contributed by atoms with E-state index in [9.17, 15) is 24.3 Å². The van der Waals surface area contributed by atoms with E-state index in [1.54, 1.807) is 9.80 Å². The van der Waals surface area contributed by atoms with Crippen LogP contribution in [-0.2, 0) is 14.3 Å². The normalized spacial score (nSPS) is 20.2. The average Bonchev–Trinajstić information content (AvgIpc) is 4.04. The minimum absolute atomic E-state index is 0.146. The predicted octanol–water partition coefficient (Wildman–Crippen LogP) is 8.43. The van der Waals surface area contributed by atoms with E-state index in [0.717, 1.165) is 45.1 Å². The molecule has 3 aromatic carbocycles. The van der Waals surface area contributed by atoms with Gasteiger partial charge in [-0.25, -0.2) is 19.6 Å². The zero-order valence-corrected chi connectivity index (χ0v) is 35.7. The van der Waals surface area contributed by atoms with Gasteiger partial charge < -0.3 is 40.2 Å². The Kier molecular flexibility index (Phi) is 12.2. The molecule has 15 heteroatoms. The van der Waals surface area contributed by atoms with Crippen molar-refractivity contribution in [3.05, 3.63) is 83.7 Å². The summed E-state index contributed by atoms with van der Waals surface area (Å²) in [5.41, 5.74) is 5.32. The van der Waals surface area contributed by atoms with Crippen LogP contribution in [0.3, 0.4) is 0 Å². The van der Waals surface area contributed by atoms with Gasteiger partial charge in [-0.1, -0.05) is 102 Å². The summed E-state index contributed by atoms with van der Waals surface area (Å²) in [4.78, 5) is 70.7. The number of amides is 4. The molecule has 2 aliphatic heterocycles. The van der Waals surface area contributed by atoms with E-state index in [2.05, 4.69) is 76.9 Å². The molecule has 0 spiro atoms. The molecule has 316 valence electrons. The van der Waals surface area contributed by atoms with Gasteiger partial charge in [-0.3, -0.25) is 9.59 Å². The van der Waals surface area contributed by atoms with Crippen molar-refractivity contribution in [3.63, 3.8) is 0 Å². The number of halogens is 1. The second-order valence-corrected chi connectivity index (χ2v) is 17.4. The zero-order valence-electron chi connectivity index (χ0n) is 35.0. The first kappa shape index (κ1) is 42.2. The molecule has 60 heavy (non-hydrogen) atoms. The molecular formula is C45H53ClN8O6. The number of aromatic nitrogens is 4. The van der Waals surface area contributed by atoms with Crippen molar-refractivity contribution in [1.29, 1.82) is 0 Å². The maximum Gasteiger partial charge on any atom is 0.407 e. The first-order valence-corrected chi connectivity index (χ1v) is 20.9. The number of H-pyrrole nitrogens is 2. The highest BCUT2D eigenvalue weighted by Gasteiger charge is 2.42. The van der Waals surface area contributed by atoms with Gasteiger partial charge in [0.1, 0.15) is 23.7 Å².